The maximum absolute atomic E-state index is 6.23. The van der Waals surface area contributed by atoms with Crippen molar-refractivity contribution in [3.05, 3.63) is 70.1 Å². The Bertz CT molecular complexity index is 1100. The highest BCUT2D eigenvalue weighted by molar-refractivity contribution is 7.71. The monoisotopic (exact) mass is 438 g/mol. The molecule has 2 heterocycles. The number of H-pyrrole nitrogens is 1. The Morgan fingerprint density at radius 2 is 1.93 bits per heavy atom. The Hall–Kier alpha value is -2.64. The minimum absolute atomic E-state index is 0.000822. The number of nitrogens with one attached hydrogen (secondary N) is 1. The molecule has 157 valence electrons. The van der Waals surface area contributed by atoms with E-state index in [0.29, 0.717) is 4.64 Å². The van der Waals surface area contributed by atoms with Gasteiger partial charge in [-0.3, -0.25) is 5.10 Å². The van der Waals surface area contributed by atoms with Gasteiger partial charge in [-0.2, -0.15) is 0 Å². The highest BCUT2D eigenvalue weighted by atomic mass is 32.1. The van der Waals surface area contributed by atoms with Crippen molar-refractivity contribution in [3.8, 4) is 11.6 Å². The maximum Gasteiger partial charge on any atom is 0.274 e. The third-order valence-electron chi connectivity index (χ3n) is 4.51. The Morgan fingerprint density at radius 1 is 1.17 bits per heavy atom. The summed E-state index contributed by atoms with van der Waals surface area (Å²) in [5.74, 6) is 2.36. The molecule has 1 N–H and O–H groups in total. The predicted molar refractivity (Wildman–Crippen MR) is 127 cm³/mol. The molecule has 0 aliphatic rings. The van der Waals surface area contributed by atoms with Crippen LogP contribution in [0.15, 0.2) is 48.7 Å². The minimum Gasteiger partial charge on any atom is -0.541 e. The van der Waals surface area contributed by atoms with E-state index in [2.05, 4.69) is 56.1 Å². The smallest absolute Gasteiger partial charge is 0.274 e. The van der Waals surface area contributed by atoms with Gasteiger partial charge in [0.25, 0.3) is 9.04 Å². The number of methoxy groups -OCH3 is 1. The third-order valence-corrected chi connectivity index (χ3v) is 5.44. The molecule has 0 fully saturated rings. The quantitative estimate of drug-likeness (QED) is 0.291. The zero-order valence-corrected chi connectivity index (χ0v) is 20.1. The van der Waals surface area contributed by atoms with Crippen LogP contribution in [0.25, 0.3) is 17.7 Å². The Labute approximate surface area is 185 Å². The number of aromatic amines is 1. The molecule has 0 saturated heterocycles. The van der Waals surface area contributed by atoms with Gasteiger partial charge in [0.2, 0.25) is 0 Å². The van der Waals surface area contributed by atoms with Crippen molar-refractivity contribution in [1.29, 1.82) is 0 Å². The molecule has 0 aliphatic carbocycles. The van der Waals surface area contributed by atoms with E-state index >= 15 is 0 Å². The molecule has 3 aromatic rings. The SMILES string of the molecule is COc1cc(C=C(O[Si](C)C)c2cc(=S)n(-c3ccccn3)[nH]2)ccc1C(C)(C)C. The van der Waals surface area contributed by atoms with Gasteiger partial charge in [-0.1, -0.05) is 51.2 Å². The van der Waals surface area contributed by atoms with Gasteiger partial charge in [0, 0.05) is 12.3 Å². The molecule has 7 heteroatoms. The van der Waals surface area contributed by atoms with Crippen LogP contribution in [0.1, 0.15) is 37.6 Å². The number of aromatic nitrogens is 3. The number of ether oxygens (including phenoxy) is 1. The van der Waals surface area contributed by atoms with Crippen LogP contribution in [0.4, 0.5) is 0 Å². The Balaban J connectivity index is 2.06. The first-order valence-electron chi connectivity index (χ1n) is 9.81. The summed E-state index contributed by atoms with van der Waals surface area (Å²) in [6.07, 6.45) is 3.77. The summed E-state index contributed by atoms with van der Waals surface area (Å²) >= 11 is 5.55. The number of hydrogen-bond acceptors (Lipinski definition) is 4. The summed E-state index contributed by atoms with van der Waals surface area (Å²) in [7, 11) is 0.715. The summed E-state index contributed by atoms with van der Waals surface area (Å²) in [5, 5.41) is 3.33. The molecule has 0 aliphatic heterocycles. The summed E-state index contributed by atoms with van der Waals surface area (Å²) in [6, 6.07) is 13.9. The van der Waals surface area contributed by atoms with Crippen LogP contribution in [-0.2, 0) is 9.84 Å². The number of nitrogens with zero attached hydrogens (tertiary/aromatic N) is 2. The normalized spacial score (nSPS) is 12.3. The zero-order chi connectivity index (χ0) is 21.9. The van der Waals surface area contributed by atoms with E-state index in [4.69, 9.17) is 21.4 Å². The van der Waals surface area contributed by atoms with Crippen molar-refractivity contribution in [2.75, 3.05) is 7.11 Å². The van der Waals surface area contributed by atoms with Crippen LogP contribution < -0.4 is 4.74 Å². The molecule has 2 aromatic heterocycles. The Kier molecular flexibility index (Phi) is 6.63. The van der Waals surface area contributed by atoms with Crippen molar-refractivity contribution >= 4 is 33.1 Å². The second kappa shape index (κ2) is 9.02. The van der Waals surface area contributed by atoms with Crippen LogP contribution in [0.2, 0.25) is 13.1 Å². The van der Waals surface area contributed by atoms with Gasteiger partial charge in [-0.25, -0.2) is 9.67 Å². The van der Waals surface area contributed by atoms with E-state index < -0.39 is 9.04 Å². The molecule has 1 radical (unpaired) electrons. The fraction of sp³-hybridized carbons (Fsp3) is 0.304. The van der Waals surface area contributed by atoms with Gasteiger partial charge in [0.1, 0.15) is 16.1 Å². The van der Waals surface area contributed by atoms with E-state index in [-0.39, 0.29) is 5.41 Å². The molecular formula is C23H28N3O2SSi. The van der Waals surface area contributed by atoms with E-state index in [1.165, 1.54) is 5.56 Å². The minimum atomic E-state index is -0.992. The van der Waals surface area contributed by atoms with Crippen LogP contribution in [0.5, 0.6) is 5.75 Å². The highest BCUT2D eigenvalue weighted by Crippen LogP contribution is 2.33. The van der Waals surface area contributed by atoms with Crippen molar-refractivity contribution in [1.82, 2.24) is 14.8 Å². The second-order valence-corrected chi connectivity index (χ2v) is 10.7. The van der Waals surface area contributed by atoms with Gasteiger partial charge in [-0.15, -0.1) is 0 Å². The summed E-state index contributed by atoms with van der Waals surface area (Å²) in [6.45, 7) is 10.7. The first-order chi connectivity index (χ1) is 14.2. The van der Waals surface area contributed by atoms with Gasteiger partial charge >= 0.3 is 0 Å². The van der Waals surface area contributed by atoms with E-state index in [9.17, 15) is 0 Å². The van der Waals surface area contributed by atoms with Crippen molar-refractivity contribution in [2.24, 2.45) is 0 Å². The van der Waals surface area contributed by atoms with E-state index in [1.807, 2.05) is 36.4 Å². The molecule has 1 aromatic carbocycles. The third kappa shape index (κ3) is 5.09. The molecule has 5 nitrogen and oxygen atoms in total. The summed E-state index contributed by atoms with van der Waals surface area (Å²) in [4.78, 5) is 4.38. The first kappa shape index (κ1) is 22.1. The van der Waals surface area contributed by atoms with Crippen molar-refractivity contribution in [2.45, 2.75) is 39.3 Å². The van der Waals surface area contributed by atoms with E-state index in [0.717, 1.165) is 28.6 Å². The molecule has 0 atom stereocenters. The van der Waals surface area contributed by atoms with Gasteiger partial charge in [-0.05, 0) is 53.9 Å². The average molecular weight is 439 g/mol. The largest absolute Gasteiger partial charge is 0.541 e. The molecule has 0 spiro atoms. The highest BCUT2D eigenvalue weighted by Gasteiger charge is 2.19. The molecule has 3 rings (SSSR count). The lowest BCUT2D eigenvalue weighted by Crippen LogP contribution is -2.12. The molecule has 0 unspecified atom stereocenters. The van der Waals surface area contributed by atoms with Crippen LogP contribution in [0.3, 0.4) is 0 Å². The lowest BCUT2D eigenvalue weighted by atomic mass is 9.85. The predicted octanol–water partition coefficient (Wildman–Crippen LogP) is 6.00. The Morgan fingerprint density at radius 3 is 2.53 bits per heavy atom. The molecule has 0 bridgehead atoms. The molecule has 30 heavy (non-hydrogen) atoms. The fourth-order valence-corrected chi connectivity index (χ4v) is 3.99. The molecular weight excluding hydrogens is 410 g/mol. The van der Waals surface area contributed by atoms with Crippen LogP contribution in [-0.4, -0.2) is 30.9 Å². The molecule has 0 amide bonds. The van der Waals surface area contributed by atoms with Crippen molar-refractivity contribution in [3.63, 3.8) is 0 Å². The summed E-state index contributed by atoms with van der Waals surface area (Å²) in [5.41, 5.74) is 2.99. The van der Waals surface area contributed by atoms with Gasteiger partial charge in [0.05, 0.1) is 12.8 Å². The van der Waals surface area contributed by atoms with Gasteiger partial charge in [0.15, 0.2) is 5.82 Å². The lowest BCUT2D eigenvalue weighted by Gasteiger charge is -2.22. The zero-order valence-electron chi connectivity index (χ0n) is 18.3. The number of hydrogen-bond donors (Lipinski definition) is 1. The van der Waals surface area contributed by atoms with Crippen LogP contribution in [0, 0.1) is 4.64 Å². The number of rotatable bonds is 6. The standard InChI is InChI=1S/C23H28N3O2SSi/c1-23(2,3)17-11-10-16(13-19(17)27-4)14-20(28-30(5)6)18-15-22(29)26(25-18)21-9-7-8-12-24-21/h7-15,25H,1-6H3. The first-order valence-corrected chi connectivity index (χ1v) is 12.6. The van der Waals surface area contributed by atoms with Crippen LogP contribution >= 0.6 is 12.2 Å². The van der Waals surface area contributed by atoms with Gasteiger partial charge < -0.3 is 9.16 Å². The summed E-state index contributed by atoms with van der Waals surface area (Å²) < 4.78 is 14.3. The lowest BCUT2D eigenvalue weighted by molar-refractivity contribution is 0.397. The number of benzene rings is 1. The van der Waals surface area contributed by atoms with E-state index in [1.54, 1.807) is 18.0 Å². The fourth-order valence-electron chi connectivity index (χ4n) is 3.13. The molecule has 0 saturated carbocycles. The average Bonchev–Trinajstić information content (AvgIpc) is 3.08. The topological polar surface area (TPSA) is 52.1 Å². The van der Waals surface area contributed by atoms with Crippen molar-refractivity contribution < 1.29 is 9.16 Å². The maximum atomic E-state index is 6.23. The number of pyridine rings is 1. The second-order valence-electron chi connectivity index (χ2n) is 8.26.